The van der Waals surface area contributed by atoms with E-state index in [2.05, 4.69) is 0 Å². The van der Waals surface area contributed by atoms with Gasteiger partial charge in [-0.2, -0.15) is 0 Å². The molecule has 0 rings (SSSR count). The van der Waals surface area contributed by atoms with Crippen LogP contribution in [0, 0.1) is 0 Å². The molecule has 0 aromatic rings. The third kappa shape index (κ3) is 31.8. The van der Waals surface area contributed by atoms with Gasteiger partial charge in [-0.1, -0.05) is 0 Å². The molecule has 0 bridgehead atoms. The van der Waals surface area contributed by atoms with Crippen molar-refractivity contribution in [3.05, 3.63) is 0 Å². The van der Waals surface area contributed by atoms with Gasteiger partial charge >= 0.3 is 19.5 Å². The van der Waals surface area contributed by atoms with Crippen LogP contribution in [0.1, 0.15) is 13.8 Å². The Labute approximate surface area is 98.9 Å². The first-order valence-electron chi connectivity index (χ1n) is 3.06. The quantitative estimate of drug-likeness (QED) is 0.475. The summed E-state index contributed by atoms with van der Waals surface area (Å²) in [6.45, 7) is 2.27. The van der Waals surface area contributed by atoms with Gasteiger partial charge in [-0.3, -0.25) is 0 Å². The van der Waals surface area contributed by atoms with E-state index in [1.165, 1.54) is 0 Å². The van der Waals surface area contributed by atoms with Gasteiger partial charge in [0.05, 0.1) is 24.1 Å². The van der Waals surface area contributed by atoms with Crippen LogP contribution in [0.5, 0.6) is 0 Å². The number of hydrogen-bond donors (Lipinski definition) is 2. The van der Waals surface area contributed by atoms with E-state index in [0.29, 0.717) is 0 Å². The Balaban J connectivity index is -0.0000000370. The summed E-state index contributed by atoms with van der Waals surface area (Å²) in [7, 11) is 0. The molecular formula is C6H14O8Zn. The number of rotatable bonds is 2. The molecule has 0 radical (unpaired) electrons. The minimum Gasteiger partial charge on any atom is -0.547 e. The van der Waals surface area contributed by atoms with Gasteiger partial charge in [0.1, 0.15) is 0 Å². The molecule has 0 fully saturated rings. The van der Waals surface area contributed by atoms with E-state index in [9.17, 15) is 19.8 Å². The van der Waals surface area contributed by atoms with E-state index >= 15 is 0 Å². The molecule has 0 aromatic heterocycles. The summed E-state index contributed by atoms with van der Waals surface area (Å²) in [4.78, 5) is 18.7. The fourth-order valence-electron chi connectivity index (χ4n) is 0. The fraction of sp³-hybridized carbons (Fsp3) is 0.667. The van der Waals surface area contributed by atoms with Gasteiger partial charge < -0.3 is 41.0 Å². The third-order valence-electron chi connectivity index (χ3n) is 0.682. The predicted molar refractivity (Wildman–Crippen MR) is 40.6 cm³/mol. The van der Waals surface area contributed by atoms with Gasteiger partial charge in [-0.25, -0.2) is 0 Å². The van der Waals surface area contributed by atoms with Crippen LogP contribution in [0.3, 0.4) is 0 Å². The van der Waals surface area contributed by atoms with E-state index in [0.717, 1.165) is 13.8 Å². The minimum atomic E-state index is -1.44. The van der Waals surface area contributed by atoms with Gasteiger partial charge in [0.25, 0.3) is 0 Å². The zero-order valence-corrected chi connectivity index (χ0v) is 11.4. The zero-order valence-electron chi connectivity index (χ0n) is 8.39. The Morgan fingerprint density at radius 2 is 1.00 bits per heavy atom. The van der Waals surface area contributed by atoms with Crippen LogP contribution in [-0.2, 0) is 29.1 Å². The van der Waals surface area contributed by atoms with Crippen molar-refractivity contribution in [3.63, 3.8) is 0 Å². The molecule has 0 saturated heterocycles. The number of aliphatic hydroxyl groups excluding tert-OH is 2. The minimum absolute atomic E-state index is 0. The van der Waals surface area contributed by atoms with Gasteiger partial charge in [-0.05, 0) is 13.8 Å². The van der Waals surface area contributed by atoms with Crippen molar-refractivity contribution in [2.75, 3.05) is 0 Å². The molecule has 9 heteroatoms. The summed E-state index contributed by atoms with van der Waals surface area (Å²) in [5.41, 5.74) is 0. The van der Waals surface area contributed by atoms with Crippen molar-refractivity contribution < 1.29 is 60.4 Å². The molecule has 0 amide bonds. The number of aliphatic carboxylic acids is 2. The van der Waals surface area contributed by atoms with Crippen LogP contribution in [0.15, 0.2) is 0 Å². The van der Waals surface area contributed by atoms with E-state index in [1.54, 1.807) is 0 Å². The first kappa shape index (κ1) is 29.3. The smallest absolute Gasteiger partial charge is 0.547 e. The van der Waals surface area contributed by atoms with Crippen molar-refractivity contribution in [1.29, 1.82) is 0 Å². The first-order valence-corrected chi connectivity index (χ1v) is 3.06. The van der Waals surface area contributed by atoms with Crippen LogP contribution in [0.4, 0.5) is 0 Å². The fourth-order valence-corrected chi connectivity index (χ4v) is 0. The van der Waals surface area contributed by atoms with E-state index in [4.69, 9.17) is 10.2 Å². The Morgan fingerprint density at radius 1 is 0.933 bits per heavy atom. The molecule has 2 unspecified atom stereocenters. The molecule has 15 heavy (non-hydrogen) atoms. The molecule has 88 valence electrons. The molecule has 8 nitrogen and oxygen atoms in total. The maximum atomic E-state index is 9.34. The molecule has 0 aliphatic heterocycles. The topological polar surface area (TPSA) is 184 Å². The third-order valence-corrected chi connectivity index (χ3v) is 0.682. The molecule has 0 aliphatic rings. The summed E-state index contributed by atoms with van der Waals surface area (Å²) < 4.78 is 0. The molecular weight excluding hydrogens is 265 g/mol. The number of carboxylic acids is 2. The number of carboxylic acid groups (broad SMARTS) is 2. The summed E-state index contributed by atoms with van der Waals surface area (Å²) >= 11 is 0. The Morgan fingerprint density at radius 3 is 1.00 bits per heavy atom. The number of hydrogen-bond acceptors (Lipinski definition) is 6. The SMILES string of the molecule is CC(O)C(=O)[O-].CC(O)C(=O)[O-].O.O.[Zn+2]. The average Bonchev–Trinajstić information content (AvgIpc) is 1.88. The van der Waals surface area contributed by atoms with E-state index in [1.807, 2.05) is 0 Å². The van der Waals surface area contributed by atoms with Gasteiger partial charge in [0.15, 0.2) is 0 Å². The van der Waals surface area contributed by atoms with Crippen molar-refractivity contribution >= 4 is 11.9 Å². The average molecular weight is 280 g/mol. The van der Waals surface area contributed by atoms with Crippen molar-refractivity contribution in [3.8, 4) is 0 Å². The molecule has 0 aliphatic carbocycles. The molecule has 0 heterocycles. The van der Waals surface area contributed by atoms with Gasteiger partial charge in [0, 0.05) is 0 Å². The number of carbonyl (C=O) groups is 2. The maximum Gasteiger partial charge on any atom is 2.00 e. The second-order valence-electron chi connectivity index (χ2n) is 1.99. The van der Waals surface area contributed by atoms with Gasteiger partial charge in [-0.15, -0.1) is 0 Å². The summed E-state index contributed by atoms with van der Waals surface area (Å²) in [6, 6.07) is 0. The van der Waals surface area contributed by atoms with Crippen molar-refractivity contribution in [2.24, 2.45) is 0 Å². The summed E-state index contributed by atoms with van der Waals surface area (Å²) in [5.74, 6) is -2.87. The molecule has 0 aromatic carbocycles. The van der Waals surface area contributed by atoms with Gasteiger partial charge in [0.2, 0.25) is 0 Å². The Kier molecular flexibility index (Phi) is 30.9. The monoisotopic (exact) mass is 278 g/mol. The van der Waals surface area contributed by atoms with Crippen molar-refractivity contribution in [1.82, 2.24) is 0 Å². The molecule has 0 spiro atoms. The Hall–Kier alpha value is -0.597. The second-order valence-corrected chi connectivity index (χ2v) is 1.99. The van der Waals surface area contributed by atoms with Crippen LogP contribution in [0.2, 0.25) is 0 Å². The van der Waals surface area contributed by atoms with Crippen LogP contribution in [-0.4, -0.2) is 45.3 Å². The predicted octanol–water partition coefficient (Wildman–Crippen LogP) is -5.42. The van der Waals surface area contributed by atoms with E-state index < -0.39 is 24.1 Å². The largest absolute Gasteiger partial charge is 2.00 e. The zero-order chi connectivity index (χ0) is 10.3. The molecule has 2 atom stereocenters. The number of carbonyl (C=O) groups excluding carboxylic acids is 2. The molecule has 6 N–H and O–H groups in total. The summed E-state index contributed by atoms with van der Waals surface area (Å²) in [6.07, 6.45) is -2.69. The first-order chi connectivity index (χ1) is 5.29. The number of aliphatic hydroxyl groups is 2. The summed E-state index contributed by atoms with van der Waals surface area (Å²) in [5, 5.41) is 34.6. The Bertz CT molecular complexity index is 139. The maximum absolute atomic E-state index is 9.34. The molecule has 0 saturated carbocycles. The van der Waals surface area contributed by atoms with E-state index in [-0.39, 0.29) is 30.4 Å². The van der Waals surface area contributed by atoms with Crippen molar-refractivity contribution in [2.45, 2.75) is 26.1 Å². The normalized spacial score (nSPS) is 10.9. The van der Waals surface area contributed by atoms with Crippen LogP contribution < -0.4 is 10.2 Å². The second kappa shape index (κ2) is 15.9. The standard InChI is InChI=1S/2C3H6O3.2H2O.Zn/c2*1-2(4)3(5)6;;;/h2*2,4H,1H3,(H,5,6);2*1H2;/q;;;;+2/p-2. The van der Waals surface area contributed by atoms with Crippen LogP contribution >= 0.6 is 0 Å². The van der Waals surface area contributed by atoms with Crippen LogP contribution in [0.25, 0.3) is 0 Å².